The molecule has 8 heteroatoms. The summed E-state index contributed by atoms with van der Waals surface area (Å²) in [6.45, 7) is 6.41. The molecular weight excluding hydrogens is 426 g/mol. The Hall–Kier alpha value is -3.13. The number of rotatable bonds is 10. The summed E-state index contributed by atoms with van der Waals surface area (Å²) in [5.74, 6) is 0.281. The molecule has 0 saturated carbocycles. The Morgan fingerprint density at radius 1 is 0.906 bits per heavy atom. The van der Waals surface area contributed by atoms with Gasteiger partial charge in [0.05, 0.1) is 12.2 Å². The standard InChI is InChI=1S/C24H31N3O4S/c1-4-5-6-9-15-30-21-13-8-7-12-19(21)23(29)25-24(32)27-26-22(28)16-31-20-14-10-11-17(2)18(20)3/h7-8,10-14H,4-6,9,15-16H2,1-3H3,(H,26,28)(H2,25,27,29,32). The van der Waals surface area contributed by atoms with Crippen molar-refractivity contribution in [3.63, 3.8) is 0 Å². The van der Waals surface area contributed by atoms with Crippen LogP contribution in [0.4, 0.5) is 0 Å². The Morgan fingerprint density at radius 2 is 1.66 bits per heavy atom. The molecule has 3 N–H and O–H groups in total. The predicted molar refractivity (Wildman–Crippen MR) is 129 cm³/mol. The number of thiocarbonyl (C=S) groups is 1. The van der Waals surface area contributed by atoms with E-state index in [-0.39, 0.29) is 11.7 Å². The van der Waals surface area contributed by atoms with E-state index in [0.717, 1.165) is 36.8 Å². The molecule has 0 spiro atoms. The Morgan fingerprint density at radius 3 is 2.44 bits per heavy atom. The summed E-state index contributed by atoms with van der Waals surface area (Å²) in [7, 11) is 0. The van der Waals surface area contributed by atoms with Crippen molar-refractivity contribution in [1.29, 1.82) is 0 Å². The second kappa shape index (κ2) is 13.3. The van der Waals surface area contributed by atoms with Crippen molar-refractivity contribution in [3.05, 3.63) is 59.2 Å². The summed E-state index contributed by atoms with van der Waals surface area (Å²) >= 11 is 5.10. The van der Waals surface area contributed by atoms with Gasteiger partial charge in [0.25, 0.3) is 11.8 Å². The fraction of sp³-hybridized carbons (Fsp3) is 0.375. The van der Waals surface area contributed by atoms with Crippen molar-refractivity contribution < 1.29 is 19.1 Å². The lowest BCUT2D eigenvalue weighted by atomic mass is 10.1. The molecule has 7 nitrogen and oxygen atoms in total. The number of benzene rings is 2. The van der Waals surface area contributed by atoms with E-state index in [1.165, 1.54) is 0 Å². The zero-order valence-corrected chi connectivity index (χ0v) is 19.6. The van der Waals surface area contributed by atoms with Crippen LogP contribution in [0, 0.1) is 13.8 Å². The molecule has 172 valence electrons. The first-order valence-electron chi connectivity index (χ1n) is 10.7. The molecule has 0 aliphatic carbocycles. The lowest BCUT2D eigenvalue weighted by Gasteiger charge is -2.14. The van der Waals surface area contributed by atoms with Crippen molar-refractivity contribution in [2.24, 2.45) is 0 Å². The normalized spacial score (nSPS) is 10.2. The minimum absolute atomic E-state index is 0.0344. The predicted octanol–water partition coefficient (Wildman–Crippen LogP) is 3.98. The zero-order valence-electron chi connectivity index (χ0n) is 18.8. The van der Waals surface area contributed by atoms with Crippen LogP contribution in [0.15, 0.2) is 42.5 Å². The van der Waals surface area contributed by atoms with Gasteiger partial charge in [-0.3, -0.25) is 25.8 Å². The number of aryl methyl sites for hydroxylation is 1. The van der Waals surface area contributed by atoms with Gasteiger partial charge in [-0.1, -0.05) is 50.5 Å². The summed E-state index contributed by atoms with van der Waals surface area (Å²) < 4.78 is 11.3. The van der Waals surface area contributed by atoms with Crippen LogP contribution in [0.25, 0.3) is 0 Å². The van der Waals surface area contributed by atoms with Crippen LogP contribution in [0.1, 0.15) is 54.1 Å². The highest BCUT2D eigenvalue weighted by atomic mass is 32.1. The maximum atomic E-state index is 12.6. The number of carbonyl (C=O) groups excluding carboxylic acids is 2. The summed E-state index contributed by atoms with van der Waals surface area (Å²) in [6.07, 6.45) is 4.33. The number of carbonyl (C=O) groups is 2. The van der Waals surface area contributed by atoms with Gasteiger partial charge in [-0.25, -0.2) is 0 Å². The summed E-state index contributed by atoms with van der Waals surface area (Å²) in [4.78, 5) is 24.6. The highest BCUT2D eigenvalue weighted by molar-refractivity contribution is 7.80. The van der Waals surface area contributed by atoms with Crippen LogP contribution in [-0.4, -0.2) is 30.1 Å². The van der Waals surface area contributed by atoms with Gasteiger partial charge >= 0.3 is 0 Å². The molecule has 0 atom stereocenters. The summed E-state index contributed by atoms with van der Waals surface area (Å²) in [5, 5.41) is 2.50. The van der Waals surface area contributed by atoms with Crippen LogP contribution >= 0.6 is 12.2 Å². The van der Waals surface area contributed by atoms with E-state index < -0.39 is 11.8 Å². The highest BCUT2D eigenvalue weighted by Crippen LogP contribution is 2.20. The Bertz CT molecular complexity index is 933. The quantitative estimate of drug-likeness (QED) is 0.284. The van der Waals surface area contributed by atoms with E-state index >= 15 is 0 Å². The third-order valence-corrected chi connectivity index (χ3v) is 5.05. The largest absolute Gasteiger partial charge is 0.493 e. The molecule has 32 heavy (non-hydrogen) atoms. The third-order valence-electron chi connectivity index (χ3n) is 4.84. The molecule has 0 radical (unpaired) electrons. The number of hydrogen-bond acceptors (Lipinski definition) is 5. The molecule has 0 saturated heterocycles. The molecule has 2 amide bonds. The molecular formula is C24H31N3O4S. The first-order chi connectivity index (χ1) is 15.4. The average Bonchev–Trinajstić information content (AvgIpc) is 2.78. The van der Waals surface area contributed by atoms with Crippen molar-refractivity contribution >= 4 is 29.1 Å². The molecule has 2 aromatic rings. The Kier molecular flexibility index (Phi) is 10.5. The van der Waals surface area contributed by atoms with Gasteiger partial charge < -0.3 is 9.47 Å². The van der Waals surface area contributed by atoms with Gasteiger partial charge in [0, 0.05) is 0 Å². The summed E-state index contributed by atoms with van der Waals surface area (Å²) in [6, 6.07) is 12.6. The number of nitrogens with one attached hydrogen (secondary N) is 3. The van der Waals surface area contributed by atoms with Crippen molar-refractivity contribution in [2.45, 2.75) is 46.5 Å². The number of hydrazine groups is 1. The molecule has 0 aromatic heterocycles. The average molecular weight is 458 g/mol. The number of ether oxygens (including phenoxy) is 2. The van der Waals surface area contributed by atoms with Crippen LogP contribution < -0.4 is 25.6 Å². The third kappa shape index (κ3) is 8.19. The molecule has 0 aliphatic rings. The van der Waals surface area contributed by atoms with E-state index in [4.69, 9.17) is 21.7 Å². The van der Waals surface area contributed by atoms with Gasteiger partial charge in [-0.05, 0) is 61.8 Å². The molecule has 0 fully saturated rings. The molecule has 0 heterocycles. The number of unbranched alkanes of at least 4 members (excludes halogenated alkanes) is 3. The van der Waals surface area contributed by atoms with E-state index in [1.807, 2.05) is 32.0 Å². The highest BCUT2D eigenvalue weighted by Gasteiger charge is 2.14. The number of amides is 2. The van der Waals surface area contributed by atoms with E-state index in [2.05, 4.69) is 23.1 Å². The van der Waals surface area contributed by atoms with Crippen LogP contribution in [0.5, 0.6) is 11.5 Å². The van der Waals surface area contributed by atoms with E-state index in [1.54, 1.807) is 24.3 Å². The van der Waals surface area contributed by atoms with Gasteiger partial charge in [-0.2, -0.15) is 0 Å². The van der Waals surface area contributed by atoms with Gasteiger partial charge in [0.1, 0.15) is 11.5 Å². The van der Waals surface area contributed by atoms with Gasteiger partial charge in [0.15, 0.2) is 11.7 Å². The van der Waals surface area contributed by atoms with Crippen LogP contribution in [-0.2, 0) is 4.79 Å². The Labute approximate surface area is 194 Å². The minimum atomic E-state index is -0.432. The SMILES string of the molecule is CCCCCCOc1ccccc1C(=O)NC(=S)NNC(=O)COc1cccc(C)c1C. The first-order valence-corrected chi connectivity index (χ1v) is 11.1. The lowest BCUT2D eigenvalue weighted by Crippen LogP contribution is -2.49. The van der Waals surface area contributed by atoms with Crippen LogP contribution in [0.2, 0.25) is 0 Å². The van der Waals surface area contributed by atoms with E-state index in [0.29, 0.717) is 23.7 Å². The van der Waals surface area contributed by atoms with Crippen molar-refractivity contribution in [1.82, 2.24) is 16.2 Å². The molecule has 0 aliphatic heterocycles. The molecule has 2 rings (SSSR count). The van der Waals surface area contributed by atoms with Crippen molar-refractivity contribution in [3.8, 4) is 11.5 Å². The van der Waals surface area contributed by atoms with Gasteiger partial charge in [-0.15, -0.1) is 0 Å². The zero-order chi connectivity index (χ0) is 23.3. The van der Waals surface area contributed by atoms with Gasteiger partial charge in [0.2, 0.25) is 0 Å². The maximum Gasteiger partial charge on any atom is 0.276 e. The molecule has 0 bridgehead atoms. The summed E-state index contributed by atoms with van der Waals surface area (Å²) in [5.41, 5.74) is 7.35. The number of para-hydroxylation sites is 1. The fourth-order valence-electron chi connectivity index (χ4n) is 2.88. The first kappa shape index (κ1) is 25.1. The van der Waals surface area contributed by atoms with E-state index in [9.17, 15) is 9.59 Å². The monoisotopic (exact) mass is 457 g/mol. The molecule has 0 unspecified atom stereocenters. The smallest absolute Gasteiger partial charge is 0.276 e. The molecule has 2 aromatic carbocycles. The van der Waals surface area contributed by atoms with Crippen molar-refractivity contribution in [2.75, 3.05) is 13.2 Å². The van der Waals surface area contributed by atoms with Crippen LogP contribution in [0.3, 0.4) is 0 Å². The minimum Gasteiger partial charge on any atom is -0.493 e. The fourth-order valence-corrected chi connectivity index (χ4v) is 3.02. The topological polar surface area (TPSA) is 88.7 Å². The maximum absolute atomic E-state index is 12.6. The number of hydrogen-bond donors (Lipinski definition) is 3. The Balaban J connectivity index is 1.78. The second-order valence-electron chi connectivity index (χ2n) is 7.35. The second-order valence-corrected chi connectivity index (χ2v) is 7.76. The lowest BCUT2D eigenvalue weighted by molar-refractivity contribution is -0.123.